The van der Waals surface area contributed by atoms with E-state index >= 15 is 0 Å². The van der Waals surface area contributed by atoms with Gasteiger partial charge in [-0.15, -0.1) is 0 Å². The molecule has 0 aromatic heterocycles. The van der Waals surface area contributed by atoms with E-state index in [2.05, 4.69) is 34.1 Å². The highest BCUT2D eigenvalue weighted by molar-refractivity contribution is 6.24. The van der Waals surface area contributed by atoms with E-state index < -0.39 is 23.8 Å². The molecule has 2 aromatic rings. The van der Waals surface area contributed by atoms with Gasteiger partial charge in [0.1, 0.15) is 6.04 Å². The fourth-order valence-electron chi connectivity index (χ4n) is 4.85. The van der Waals surface area contributed by atoms with Crippen molar-refractivity contribution in [2.45, 2.75) is 37.8 Å². The number of carbonyl (C=O) groups excluding carboxylic acids is 4. The maximum atomic E-state index is 13.1. The van der Waals surface area contributed by atoms with Crippen molar-refractivity contribution in [3.63, 3.8) is 0 Å². The number of fused-ring (bicyclic) bond motifs is 2. The normalized spacial score (nSPS) is 21.9. The quantitative estimate of drug-likeness (QED) is 0.474. The smallest absolute Gasteiger partial charge is 0.262 e. The lowest BCUT2D eigenvalue weighted by atomic mass is 9.98. The molecule has 8 heteroatoms. The number of nitrogens with one attached hydrogen (secondary N) is 3. The van der Waals surface area contributed by atoms with Gasteiger partial charge in [0.15, 0.2) is 0 Å². The fraction of sp³-hybridized carbons (Fsp3) is 0.333. The number of hydrogen-bond acceptors (Lipinski definition) is 6. The molecule has 3 aliphatic heterocycles. The molecule has 1 saturated heterocycles. The number of hydrogen-bond donors (Lipinski definition) is 3. The Morgan fingerprint density at radius 1 is 1.00 bits per heavy atom. The van der Waals surface area contributed by atoms with Crippen molar-refractivity contribution >= 4 is 29.3 Å². The molecule has 5 rings (SSSR count). The predicted molar refractivity (Wildman–Crippen MR) is 117 cm³/mol. The Hall–Kier alpha value is -3.52. The first-order valence-corrected chi connectivity index (χ1v) is 10.9. The van der Waals surface area contributed by atoms with E-state index in [0.29, 0.717) is 23.6 Å². The number of amides is 4. The molecular formula is C24H24N4O4. The van der Waals surface area contributed by atoms with Crippen LogP contribution in [0.3, 0.4) is 0 Å². The average Bonchev–Trinajstić information content (AvgIpc) is 3.31. The largest absolute Gasteiger partial charge is 0.384 e. The van der Waals surface area contributed by atoms with Crippen LogP contribution >= 0.6 is 0 Å². The second kappa shape index (κ2) is 8.20. The Morgan fingerprint density at radius 2 is 1.84 bits per heavy atom. The number of rotatable bonds is 6. The highest BCUT2D eigenvalue weighted by Gasteiger charge is 2.45. The lowest BCUT2D eigenvalue weighted by Gasteiger charge is -2.27. The van der Waals surface area contributed by atoms with Gasteiger partial charge in [0.05, 0.1) is 11.1 Å². The van der Waals surface area contributed by atoms with Gasteiger partial charge in [-0.25, -0.2) is 0 Å². The topological polar surface area (TPSA) is 108 Å². The second-order valence-corrected chi connectivity index (χ2v) is 8.42. The van der Waals surface area contributed by atoms with Crippen LogP contribution in [0.2, 0.25) is 0 Å². The zero-order chi connectivity index (χ0) is 22.2. The monoisotopic (exact) mass is 432 g/mol. The molecule has 0 saturated carbocycles. The highest BCUT2D eigenvalue weighted by Crippen LogP contribution is 2.33. The molecule has 0 bridgehead atoms. The van der Waals surface area contributed by atoms with E-state index in [9.17, 15) is 19.2 Å². The summed E-state index contributed by atoms with van der Waals surface area (Å²) < 4.78 is 0. The van der Waals surface area contributed by atoms with Gasteiger partial charge in [-0.1, -0.05) is 30.3 Å². The molecule has 0 spiro atoms. The van der Waals surface area contributed by atoms with Crippen LogP contribution in [0.1, 0.15) is 57.0 Å². The van der Waals surface area contributed by atoms with Crippen molar-refractivity contribution in [1.82, 2.24) is 15.5 Å². The highest BCUT2D eigenvalue weighted by atomic mass is 16.2. The number of benzene rings is 2. The van der Waals surface area contributed by atoms with Crippen LogP contribution in [0.15, 0.2) is 42.5 Å². The molecule has 3 aliphatic rings. The summed E-state index contributed by atoms with van der Waals surface area (Å²) >= 11 is 0. The standard InChI is InChI=1S/C24H24N4O4/c29-20-9-8-19(22(30)27-20)28-23(31)17-6-3-4-15(21(17)24(28)32)12-25-11-10-14-13-26-18-7-2-1-5-16(14)18/h1-7,14,19,25-26H,8-13H2,(H,27,29,30). The van der Waals surface area contributed by atoms with Gasteiger partial charge in [0.25, 0.3) is 11.8 Å². The lowest BCUT2D eigenvalue weighted by molar-refractivity contribution is -0.136. The molecule has 8 nitrogen and oxygen atoms in total. The van der Waals surface area contributed by atoms with Crippen molar-refractivity contribution in [3.8, 4) is 0 Å². The first kappa shape index (κ1) is 20.4. The third kappa shape index (κ3) is 3.46. The van der Waals surface area contributed by atoms with E-state index in [1.807, 2.05) is 12.1 Å². The van der Waals surface area contributed by atoms with Gasteiger partial charge < -0.3 is 10.6 Å². The molecule has 3 heterocycles. The Balaban J connectivity index is 1.25. The first-order chi connectivity index (χ1) is 15.5. The minimum atomic E-state index is -0.948. The van der Waals surface area contributed by atoms with E-state index in [1.165, 1.54) is 11.3 Å². The van der Waals surface area contributed by atoms with Crippen LogP contribution in [0.4, 0.5) is 5.69 Å². The van der Waals surface area contributed by atoms with Gasteiger partial charge >= 0.3 is 0 Å². The zero-order valence-corrected chi connectivity index (χ0v) is 17.5. The molecule has 164 valence electrons. The molecule has 2 atom stereocenters. The summed E-state index contributed by atoms with van der Waals surface area (Å²) in [6.07, 6.45) is 1.21. The summed E-state index contributed by atoms with van der Waals surface area (Å²) in [4.78, 5) is 50.8. The van der Waals surface area contributed by atoms with Crippen LogP contribution in [-0.2, 0) is 16.1 Å². The number of carbonyl (C=O) groups is 4. The first-order valence-electron chi connectivity index (χ1n) is 10.9. The van der Waals surface area contributed by atoms with E-state index in [1.54, 1.807) is 12.1 Å². The summed E-state index contributed by atoms with van der Waals surface area (Å²) in [5.74, 6) is -1.49. The van der Waals surface area contributed by atoms with Gasteiger partial charge in [-0.2, -0.15) is 0 Å². The number of piperidine rings is 1. The van der Waals surface area contributed by atoms with Gasteiger partial charge in [0, 0.05) is 31.1 Å². The zero-order valence-electron chi connectivity index (χ0n) is 17.5. The summed E-state index contributed by atoms with van der Waals surface area (Å²) in [5.41, 5.74) is 3.92. The van der Waals surface area contributed by atoms with Crippen LogP contribution < -0.4 is 16.0 Å². The maximum absolute atomic E-state index is 13.1. The van der Waals surface area contributed by atoms with Crippen molar-refractivity contribution in [2.75, 3.05) is 18.4 Å². The van der Waals surface area contributed by atoms with E-state index in [0.717, 1.165) is 30.0 Å². The fourth-order valence-corrected chi connectivity index (χ4v) is 4.85. The van der Waals surface area contributed by atoms with E-state index in [-0.39, 0.29) is 18.7 Å². The van der Waals surface area contributed by atoms with Crippen LogP contribution in [0, 0.1) is 0 Å². The van der Waals surface area contributed by atoms with Gasteiger partial charge in [0.2, 0.25) is 11.8 Å². The van der Waals surface area contributed by atoms with Gasteiger partial charge in [-0.05, 0) is 42.6 Å². The summed E-state index contributed by atoms with van der Waals surface area (Å²) in [6, 6.07) is 12.6. The molecule has 2 unspecified atom stereocenters. The summed E-state index contributed by atoms with van der Waals surface area (Å²) in [5, 5.41) is 9.05. The van der Waals surface area contributed by atoms with Crippen molar-refractivity contribution in [3.05, 3.63) is 64.7 Å². The summed E-state index contributed by atoms with van der Waals surface area (Å²) in [7, 11) is 0. The summed E-state index contributed by atoms with van der Waals surface area (Å²) in [6.45, 7) is 2.13. The Morgan fingerprint density at radius 3 is 2.69 bits per heavy atom. The van der Waals surface area contributed by atoms with E-state index in [4.69, 9.17) is 0 Å². The molecule has 2 aromatic carbocycles. The average molecular weight is 432 g/mol. The molecule has 3 N–H and O–H groups in total. The van der Waals surface area contributed by atoms with Crippen molar-refractivity contribution in [1.29, 1.82) is 0 Å². The molecule has 0 aliphatic carbocycles. The minimum Gasteiger partial charge on any atom is -0.384 e. The predicted octanol–water partition coefficient (Wildman–Crippen LogP) is 1.78. The second-order valence-electron chi connectivity index (χ2n) is 8.42. The Labute approximate surface area is 185 Å². The van der Waals surface area contributed by atoms with Crippen molar-refractivity contribution < 1.29 is 19.2 Å². The number of imide groups is 2. The number of para-hydroxylation sites is 1. The van der Waals surface area contributed by atoms with Gasteiger partial charge in [-0.3, -0.25) is 29.4 Å². The molecule has 32 heavy (non-hydrogen) atoms. The molecule has 1 fully saturated rings. The maximum Gasteiger partial charge on any atom is 0.262 e. The van der Waals surface area contributed by atoms with Crippen LogP contribution in [0.5, 0.6) is 0 Å². The molecular weight excluding hydrogens is 408 g/mol. The number of anilines is 1. The molecule has 0 radical (unpaired) electrons. The SMILES string of the molecule is O=C1CCC(N2C(=O)c3cccc(CNCCC4CNc5ccccc54)c3C2=O)C(=O)N1. The minimum absolute atomic E-state index is 0.109. The third-order valence-electron chi connectivity index (χ3n) is 6.48. The van der Waals surface area contributed by atoms with Crippen LogP contribution in [0.25, 0.3) is 0 Å². The van der Waals surface area contributed by atoms with Crippen molar-refractivity contribution in [2.24, 2.45) is 0 Å². The Kier molecular flexibility index (Phi) is 5.22. The number of nitrogens with zero attached hydrogens (tertiary/aromatic N) is 1. The Bertz CT molecular complexity index is 1130. The lowest BCUT2D eigenvalue weighted by Crippen LogP contribution is -2.54. The third-order valence-corrected chi connectivity index (χ3v) is 6.48. The molecule has 4 amide bonds. The van der Waals surface area contributed by atoms with Crippen LogP contribution in [-0.4, -0.2) is 47.7 Å².